The van der Waals surface area contributed by atoms with E-state index in [1.54, 1.807) is 6.07 Å². The molecule has 0 N–H and O–H groups in total. The molecule has 1 aliphatic heterocycles. The maximum absolute atomic E-state index is 12.8. The van der Waals surface area contributed by atoms with E-state index in [1.165, 1.54) is 25.3 Å². The number of rotatable bonds is 8. The molecule has 1 fully saturated rings. The molecule has 2 amide bonds. The number of hydrogen-bond acceptors (Lipinski definition) is 9. The highest BCUT2D eigenvalue weighted by Crippen LogP contribution is 2.39. The first-order valence-corrected chi connectivity index (χ1v) is 11.2. The first kappa shape index (κ1) is 24.4. The van der Waals surface area contributed by atoms with Crippen molar-refractivity contribution in [2.75, 3.05) is 7.11 Å². The van der Waals surface area contributed by atoms with Crippen LogP contribution in [-0.2, 0) is 11.3 Å². The van der Waals surface area contributed by atoms with Gasteiger partial charge in [-0.2, -0.15) is 0 Å². The minimum Gasteiger partial charge on any atom is -0.493 e. The number of benzene rings is 3. The number of nitrogens with zero attached hydrogens (tertiary/aromatic N) is 3. The quantitative estimate of drug-likeness (QED) is 0.218. The van der Waals surface area contributed by atoms with Crippen LogP contribution in [0.2, 0.25) is 0 Å². The molecule has 1 aliphatic rings. The lowest BCUT2D eigenvalue weighted by atomic mass is 10.1. The van der Waals surface area contributed by atoms with Crippen molar-refractivity contribution in [3.05, 3.63) is 103 Å². The van der Waals surface area contributed by atoms with Gasteiger partial charge in [-0.25, -0.2) is 0 Å². The molecule has 4 rings (SSSR count). The van der Waals surface area contributed by atoms with Gasteiger partial charge >= 0.3 is 5.69 Å². The summed E-state index contributed by atoms with van der Waals surface area (Å²) in [6, 6.07) is 16.8. The van der Waals surface area contributed by atoms with Gasteiger partial charge in [0.15, 0.2) is 11.5 Å². The molecule has 12 heteroatoms. The summed E-state index contributed by atoms with van der Waals surface area (Å²) in [6.45, 7) is 0.160. The van der Waals surface area contributed by atoms with Crippen LogP contribution in [0.5, 0.6) is 17.2 Å². The molecule has 0 unspecified atom stereocenters. The lowest BCUT2D eigenvalue weighted by Crippen LogP contribution is -2.27. The molecule has 0 aromatic heterocycles. The summed E-state index contributed by atoms with van der Waals surface area (Å²) in [5, 5.41) is 22.0. The van der Waals surface area contributed by atoms with E-state index in [4.69, 9.17) is 9.47 Å². The molecule has 0 radical (unpaired) electrons. The number of carbonyl (C=O) groups is 2. The zero-order chi connectivity index (χ0) is 25.8. The summed E-state index contributed by atoms with van der Waals surface area (Å²) in [5.41, 5.74) is 0.326. The molecule has 182 valence electrons. The Morgan fingerprint density at radius 1 is 0.917 bits per heavy atom. The summed E-state index contributed by atoms with van der Waals surface area (Å²) in [4.78, 5) is 47.4. The van der Waals surface area contributed by atoms with Crippen molar-refractivity contribution < 1.29 is 28.9 Å². The van der Waals surface area contributed by atoms with Gasteiger partial charge in [-0.05, 0) is 47.2 Å². The Morgan fingerprint density at radius 3 is 2.31 bits per heavy atom. The minimum absolute atomic E-state index is 0.115. The van der Waals surface area contributed by atoms with Gasteiger partial charge in [0.2, 0.25) is 5.75 Å². The molecule has 1 heterocycles. The number of methoxy groups -OCH3 is 1. The topological polar surface area (TPSA) is 142 Å². The summed E-state index contributed by atoms with van der Waals surface area (Å²) in [6.07, 6.45) is 1.54. The molecule has 36 heavy (non-hydrogen) atoms. The molecule has 3 aromatic rings. The van der Waals surface area contributed by atoms with Crippen molar-refractivity contribution in [1.82, 2.24) is 4.90 Å². The standard InChI is InChI=1S/C24H17N3O8S/c1-34-21-11-16(12-22-23(28)25(24(29)36-22)14-15-5-3-2-4-6-15)7-9-20(21)35-19-10-8-17(26(30)31)13-18(19)27(32)33/h2-13H,14H2,1H3/b22-12+. The monoisotopic (exact) mass is 507 g/mol. The van der Waals surface area contributed by atoms with E-state index in [-0.39, 0.29) is 33.9 Å². The Bertz CT molecular complexity index is 1410. The first-order valence-electron chi connectivity index (χ1n) is 10.3. The average molecular weight is 507 g/mol. The fourth-order valence-electron chi connectivity index (χ4n) is 3.38. The second kappa shape index (κ2) is 10.3. The maximum atomic E-state index is 12.8. The lowest BCUT2D eigenvalue weighted by Gasteiger charge is -2.12. The van der Waals surface area contributed by atoms with Crippen molar-refractivity contribution in [2.24, 2.45) is 0 Å². The second-order valence-corrected chi connectivity index (χ2v) is 8.43. The maximum Gasteiger partial charge on any atom is 0.318 e. The number of carbonyl (C=O) groups excluding carboxylic acids is 2. The van der Waals surface area contributed by atoms with Crippen molar-refractivity contribution in [3.63, 3.8) is 0 Å². The van der Waals surface area contributed by atoms with E-state index in [0.29, 0.717) is 5.56 Å². The highest BCUT2D eigenvalue weighted by molar-refractivity contribution is 8.18. The van der Waals surface area contributed by atoms with Crippen LogP contribution in [0.4, 0.5) is 16.2 Å². The van der Waals surface area contributed by atoms with Crippen molar-refractivity contribution in [1.29, 1.82) is 0 Å². The number of imide groups is 1. The largest absolute Gasteiger partial charge is 0.493 e. The molecule has 0 spiro atoms. The SMILES string of the molecule is COc1cc(/C=C2/SC(=O)N(Cc3ccccc3)C2=O)ccc1Oc1ccc([N+](=O)[O-])cc1[N+](=O)[O-]. The van der Waals surface area contributed by atoms with Gasteiger partial charge in [0, 0.05) is 6.07 Å². The third-order valence-corrected chi connectivity index (χ3v) is 6.02. The number of nitro groups is 2. The first-order chi connectivity index (χ1) is 17.3. The van der Waals surface area contributed by atoms with Crippen molar-refractivity contribution in [2.45, 2.75) is 6.54 Å². The Morgan fingerprint density at radius 2 is 1.64 bits per heavy atom. The van der Waals surface area contributed by atoms with Crippen LogP contribution in [0.1, 0.15) is 11.1 Å². The molecular weight excluding hydrogens is 490 g/mol. The molecule has 0 atom stereocenters. The van der Waals surface area contributed by atoms with Crippen molar-refractivity contribution in [3.8, 4) is 17.2 Å². The van der Waals surface area contributed by atoms with Crippen molar-refractivity contribution >= 4 is 40.4 Å². The van der Waals surface area contributed by atoms with Gasteiger partial charge in [-0.15, -0.1) is 0 Å². The van der Waals surface area contributed by atoms with Crippen LogP contribution in [0.3, 0.4) is 0 Å². The highest BCUT2D eigenvalue weighted by atomic mass is 32.2. The molecule has 3 aromatic carbocycles. The third-order valence-electron chi connectivity index (χ3n) is 5.11. The summed E-state index contributed by atoms with van der Waals surface area (Å²) >= 11 is 0.821. The Kier molecular flexibility index (Phi) is 6.97. The van der Waals surface area contributed by atoms with Crippen LogP contribution in [0, 0.1) is 20.2 Å². The number of nitro benzene ring substituents is 2. The molecular formula is C24H17N3O8S. The summed E-state index contributed by atoms with van der Waals surface area (Å²) in [5.74, 6) is -0.322. The molecule has 0 saturated carbocycles. The van der Waals surface area contributed by atoms with E-state index in [1.807, 2.05) is 30.3 Å². The molecule has 11 nitrogen and oxygen atoms in total. The van der Waals surface area contributed by atoms with Crippen LogP contribution < -0.4 is 9.47 Å². The van der Waals surface area contributed by atoms with E-state index in [2.05, 4.69) is 0 Å². The Hall–Kier alpha value is -4.71. The third kappa shape index (κ3) is 5.18. The van der Waals surface area contributed by atoms with E-state index >= 15 is 0 Å². The number of non-ortho nitro benzene ring substituents is 1. The Labute approximate surface area is 208 Å². The van der Waals surface area contributed by atoms with Gasteiger partial charge in [0.25, 0.3) is 16.8 Å². The highest BCUT2D eigenvalue weighted by Gasteiger charge is 2.35. The van der Waals surface area contributed by atoms with Gasteiger partial charge < -0.3 is 9.47 Å². The Balaban J connectivity index is 1.58. The summed E-state index contributed by atoms with van der Waals surface area (Å²) < 4.78 is 11.0. The molecule has 0 aliphatic carbocycles. The predicted octanol–water partition coefficient (Wildman–Crippen LogP) is 5.54. The number of amides is 2. The van der Waals surface area contributed by atoms with Gasteiger partial charge in [0.1, 0.15) is 0 Å². The molecule has 1 saturated heterocycles. The lowest BCUT2D eigenvalue weighted by molar-refractivity contribution is -0.394. The number of hydrogen-bond donors (Lipinski definition) is 0. The summed E-state index contributed by atoms with van der Waals surface area (Å²) in [7, 11) is 1.37. The van der Waals surface area contributed by atoms with E-state index in [0.717, 1.165) is 40.4 Å². The van der Waals surface area contributed by atoms with Crippen LogP contribution in [0.25, 0.3) is 6.08 Å². The van der Waals surface area contributed by atoms with Gasteiger partial charge in [-0.3, -0.25) is 34.7 Å². The van der Waals surface area contributed by atoms with Crippen LogP contribution >= 0.6 is 11.8 Å². The smallest absolute Gasteiger partial charge is 0.318 e. The normalized spacial score (nSPS) is 14.2. The minimum atomic E-state index is -0.783. The molecule has 0 bridgehead atoms. The second-order valence-electron chi connectivity index (χ2n) is 7.43. The predicted molar refractivity (Wildman–Crippen MR) is 131 cm³/mol. The fourth-order valence-corrected chi connectivity index (χ4v) is 4.22. The zero-order valence-corrected chi connectivity index (χ0v) is 19.5. The van der Waals surface area contributed by atoms with Crippen LogP contribution in [0.15, 0.2) is 71.6 Å². The fraction of sp³-hybridized carbons (Fsp3) is 0.0833. The van der Waals surface area contributed by atoms with Crippen LogP contribution in [-0.4, -0.2) is 33.0 Å². The van der Waals surface area contributed by atoms with E-state index in [9.17, 15) is 29.8 Å². The van der Waals surface area contributed by atoms with Gasteiger partial charge in [-0.1, -0.05) is 36.4 Å². The number of ether oxygens (including phenoxy) is 2. The zero-order valence-electron chi connectivity index (χ0n) is 18.7. The average Bonchev–Trinajstić information content (AvgIpc) is 3.12. The van der Waals surface area contributed by atoms with E-state index < -0.39 is 27.1 Å². The van der Waals surface area contributed by atoms with Gasteiger partial charge in [0.05, 0.1) is 34.5 Å². The number of thioether (sulfide) groups is 1.